The summed E-state index contributed by atoms with van der Waals surface area (Å²) < 4.78 is 36.2. The molecule has 0 radical (unpaired) electrons. The molecule has 1 aromatic heterocycles. The quantitative estimate of drug-likeness (QED) is 0.188. The maximum Gasteiger partial charge on any atom is 0.305 e. The summed E-state index contributed by atoms with van der Waals surface area (Å²) in [4.78, 5) is 29.9. The largest absolute Gasteiger partial charge is 0.493 e. The average molecular weight is 477 g/mol. The molecule has 1 heterocycles. The van der Waals surface area contributed by atoms with Gasteiger partial charge in [0.2, 0.25) is 5.75 Å². The van der Waals surface area contributed by atoms with Crippen LogP contribution >= 0.6 is 11.8 Å². The van der Waals surface area contributed by atoms with Crippen LogP contribution in [0.2, 0.25) is 0 Å². The lowest BCUT2D eigenvalue weighted by molar-refractivity contribution is -0.143. The van der Waals surface area contributed by atoms with Gasteiger partial charge in [-0.2, -0.15) is 0 Å². The summed E-state index contributed by atoms with van der Waals surface area (Å²) >= 11 is 1.30. The van der Waals surface area contributed by atoms with Gasteiger partial charge in [0.25, 0.3) is 5.56 Å². The normalized spacial score (nSPS) is 10.8. The second-order valence-electron chi connectivity index (χ2n) is 6.81. The monoisotopic (exact) mass is 476 g/mol. The Balaban J connectivity index is 2.14. The van der Waals surface area contributed by atoms with Crippen molar-refractivity contribution >= 4 is 28.6 Å². The highest BCUT2D eigenvalue weighted by molar-refractivity contribution is 7.99. The molecule has 0 saturated carbocycles. The minimum absolute atomic E-state index is 0.254. The van der Waals surface area contributed by atoms with E-state index in [-0.39, 0.29) is 29.1 Å². The molecule has 0 bridgehead atoms. The van der Waals surface area contributed by atoms with E-state index >= 15 is 0 Å². The number of rotatable bonds is 10. The van der Waals surface area contributed by atoms with Gasteiger partial charge in [0, 0.05) is 12.2 Å². The molecule has 176 valence electrons. The van der Waals surface area contributed by atoms with Gasteiger partial charge in [-0.25, -0.2) is 9.37 Å². The number of ether oxygens (including phenoxy) is 4. The first-order valence-electron chi connectivity index (χ1n) is 10.2. The summed E-state index contributed by atoms with van der Waals surface area (Å²) in [5.41, 5.74) is 0.391. The highest BCUT2D eigenvalue weighted by Gasteiger charge is 2.22. The molecular formula is C23H25FN2O6S. The van der Waals surface area contributed by atoms with Crippen LogP contribution in [0, 0.1) is 5.82 Å². The van der Waals surface area contributed by atoms with Gasteiger partial charge in [-0.3, -0.25) is 14.2 Å². The third-order valence-corrected chi connectivity index (χ3v) is 5.81. The van der Waals surface area contributed by atoms with Crippen molar-refractivity contribution in [3.63, 3.8) is 0 Å². The number of methoxy groups -OCH3 is 3. The Hall–Kier alpha value is -3.27. The second kappa shape index (κ2) is 11.0. The molecule has 0 saturated heterocycles. The van der Waals surface area contributed by atoms with Crippen LogP contribution in [0.4, 0.5) is 4.39 Å². The van der Waals surface area contributed by atoms with Crippen molar-refractivity contribution < 1.29 is 28.1 Å². The van der Waals surface area contributed by atoms with Gasteiger partial charge in [-0.05, 0) is 43.7 Å². The van der Waals surface area contributed by atoms with Crippen LogP contribution in [0.1, 0.15) is 19.8 Å². The fourth-order valence-corrected chi connectivity index (χ4v) is 4.24. The van der Waals surface area contributed by atoms with E-state index in [0.29, 0.717) is 46.6 Å². The Bertz CT molecular complexity index is 1200. The highest BCUT2D eigenvalue weighted by Crippen LogP contribution is 2.42. The molecule has 0 spiro atoms. The molecule has 0 aliphatic heterocycles. The SMILES string of the molecule is CCOC(=O)CCCSc1nc2c(OC)c(OC)c(OC)cc2c(=O)n1-c1ccc(F)cc1. The molecule has 0 atom stereocenters. The maximum absolute atomic E-state index is 13.6. The average Bonchev–Trinajstić information content (AvgIpc) is 2.81. The molecule has 0 fully saturated rings. The van der Waals surface area contributed by atoms with E-state index in [1.807, 2.05) is 0 Å². The maximum atomic E-state index is 13.6. The van der Waals surface area contributed by atoms with Crippen LogP contribution in [0.25, 0.3) is 16.6 Å². The van der Waals surface area contributed by atoms with Crippen LogP contribution in [-0.4, -0.2) is 49.2 Å². The molecule has 0 aliphatic rings. The molecule has 0 amide bonds. The third kappa shape index (κ3) is 5.22. The standard InChI is InChI=1S/C23H25FN2O6S/c1-5-32-18(27)7-6-12-33-23-25-19-16(13-17(29-2)20(30-3)21(19)31-4)22(28)26(23)15-10-8-14(24)9-11-15/h8-11,13H,5-7,12H2,1-4H3. The Morgan fingerprint density at radius 3 is 2.39 bits per heavy atom. The molecular weight excluding hydrogens is 451 g/mol. The van der Waals surface area contributed by atoms with Gasteiger partial charge in [-0.1, -0.05) is 11.8 Å². The summed E-state index contributed by atoms with van der Waals surface area (Å²) in [5.74, 6) is 0.714. The van der Waals surface area contributed by atoms with Crippen LogP contribution in [-0.2, 0) is 9.53 Å². The number of carbonyl (C=O) groups excluding carboxylic acids is 1. The van der Waals surface area contributed by atoms with Crippen molar-refractivity contribution in [2.45, 2.75) is 24.9 Å². The van der Waals surface area contributed by atoms with Gasteiger partial charge in [0.1, 0.15) is 11.3 Å². The van der Waals surface area contributed by atoms with E-state index in [4.69, 9.17) is 23.9 Å². The van der Waals surface area contributed by atoms with Crippen molar-refractivity contribution in [2.75, 3.05) is 33.7 Å². The number of hydrogen-bond donors (Lipinski definition) is 0. The highest BCUT2D eigenvalue weighted by atomic mass is 32.2. The van der Waals surface area contributed by atoms with Crippen molar-refractivity contribution in [2.24, 2.45) is 0 Å². The predicted octanol–water partition coefficient (Wildman–Crippen LogP) is 3.99. The molecule has 33 heavy (non-hydrogen) atoms. The molecule has 3 aromatic rings. The molecule has 0 aliphatic carbocycles. The first-order valence-corrected chi connectivity index (χ1v) is 11.2. The minimum Gasteiger partial charge on any atom is -0.493 e. The van der Waals surface area contributed by atoms with Gasteiger partial charge < -0.3 is 18.9 Å². The number of carbonyl (C=O) groups is 1. The number of halogens is 1. The number of nitrogens with zero attached hydrogens (tertiary/aromatic N) is 2. The molecule has 2 aromatic carbocycles. The smallest absolute Gasteiger partial charge is 0.305 e. The van der Waals surface area contributed by atoms with Crippen LogP contribution in [0.15, 0.2) is 40.3 Å². The van der Waals surface area contributed by atoms with Gasteiger partial charge in [0.15, 0.2) is 16.7 Å². The topological polar surface area (TPSA) is 88.9 Å². The lowest BCUT2D eigenvalue weighted by Gasteiger charge is -2.17. The van der Waals surface area contributed by atoms with Crippen molar-refractivity contribution in [3.05, 3.63) is 46.5 Å². The van der Waals surface area contributed by atoms with Crippen molar-refractivity contribution in [3.8, 4) is 22.9 Å². The molecule has 8 nitrogen and oxygen atoms in total. The fraction of sp³-hybridized carbons (Fsp3) is 0.348. The van der Waals surface area contributed by atoms with Crippen LogP contribution in [0.5, 0.6) is 17.2 Å². The number of hydrogen-bond acceptors (Lipinski definition) is 8. The summed E-state index contributed by atoms with van der Waals surface area (Å²) in [6.45, 7) is 2.08. The lowest BCUT2D eigenvalue weighted by atomic mass is 10.2. The summed E-state index contributed by atoms with van der Waals surface area (Å²) in [6.07, 6.45) is 0.785. The second-order valence-corrected chi connectivity index (χ2v) is 7.87. The first kappa shape index (κ1) is 24.4. The molecule has 0 N–H and O–H groups in total. The number of aromatic nitrogens is 2. The molecule has 3 rings (SSSR count). The van der Waals surface area contributed by atoms with E-state index in [1.165, 1.54) is 61.9 Å². The molecule has 10 heteroatoms. The van der Waals surface area contributed by atoms with E-state index < -0.39 is 5.82 Å². The third-order valence-electron chi connectivity index (χ3n) is 4.78. The summed E-state index contributed by atoms with van der Waals surface area (Å²) in [5, 5.41) is 0.623. The number of thioether (sulfide) groups is 1. The van der Waals surface area contributed by atoms with Crippen molar-refractivity contribution in [1.82, 2.24) is 9.55 Å². The number of benzene rings is 2. The van der Waals surface area contributed by atoms with E-state index in [2.05, 4.69) is 0 Å². The number of fused-ring (bicyclic) bond motifs is 1. The molecule has 0 unspecified atom stereocenters. The predicted molar refractivity (Wildman–Crippen MR) is 124 cm³/mol. The minimum atomic E-state index is -0.419. The zero-order valence-electron chi connectivity index (χ0n) is 18.8. The Labute approximate surface area is 194 Å². The fourth-order valence-electron chi connectivity index (χ4n) is 3.30. The van der Waals surface area contributed by atoms with Crippen LogP contribution in [0.3, 0.4) is 0 Å². The number of esters is 1. The Morgan fingerprint density at radius 1 is 1.09 bits per heavy atom. The van der Waals surface area contributed by atoms with E-state index in [0.717, 1.165) is 0 Å². The zero-order valence-corrected chi connectivity index (χ0v) is 19.7. The van der Waals surface area contributed by atoms with E-state index in [9.17, 15) is 14.0 Å². The van der Waals surface area contributed by atoms with Gasteiger partial charge >= 0.3 is 5.97 Å². The Morgan fingerprint density at radius 2 is 1.79 bits per heavy atom. The van der Waals surface area contributed by atoms with Crippen LogP contribution < -0.4 is 19.8 Å². The Kier molecular flexibility index (Phi) is 8.16. The van der Waals surface area contributed by atoms with E-state index in [1.54, 1.807) is 13.0 Å². The van der Waals surface area contributed by atoms with Gasteiger partial charge in [0.05, 0.1) is 39.0 Å². The van der Waals surface area contributed by atoms with Crippen molar-refractivity contribution in [1.29, 1.82) is 0 Å². The lowest BCUT2D eigenvalue weighted by Crippen LogP contribution is -2.22. The first-order chi connectivity index (χ1) is 15.9. The zero-order chi connectivity index (χ0) is 24.0. The summed E-state index contributed by atoms with van der Waals surface area (Å²) in [6, 6.07) is 7.10. The summed E-state index contributed by atoms with van der Waals surface area (Å²) in [7, 11) is 4.38. The van der Waals surface area contributed by atoms with Gasteiger partial charge in [-0.15, -0.1) is 0 Å².